The van der Waals surface area contributed by atoms with Gasteiger partial charge in [-0.1, -0.05) is 13.8 Å². The Kier molecular flexibility index (Phi) is 9.34. The van der Waals surface area contributed by atoms with E-state index in [9.17, 15) is 5.11 Å². The number of hydrogen-bond donors (Lipinski definition) is 3. The third kappa shape index (κ3) is 8.69. The van der Waals surface area contributed by atoms with Crippen LogP contribution in [0.25, 0.3) is 0 Å². The van der Waals surface area contributed by atoms with Crippen molar-refractivity contribution in [3.8, 4) is 0 Å². The zero-order valence-corrected chi connectivity index (χ0v) is 14.0. The van der Waals surface area contributed by atoms with Gasteiger partial charge < -0.3 is 25.0 Å². The molecule has 6 nitrogen and oxygen atoms in total. The molecule has 0 aliphatic rings. The van der Waals surface area contributed by atoms with Gasteiger partial charge in [-0.15, -0.1) is 0 Å². The molecule has 0 aliphatic carbocycles. The van der Waals surface area contributed by atoms with Gasteiger partial charge in [-0.05, 0) is 25.0 Å². The van der Waals surface area contributed by atoms with Gasteiger partial charge in [0, 0.05) is 38.6 Å². The van der Waals surface area contributed by atoms with Gasteiger partial charge in [-0.3, -0.25) is 4.99 Å². The van der Waals surface area contributed by atoms with Gasteiger partial charge in [0.15, 0.2) is 5.96 Å². The summed E-state index contributed by atoms with van der Waals surface area (Å²) >= 11 is 0. The second-order valence-corrected chi connectivity index (χ2v) is 5.65. The summed E-state index contributed by atoms with van der Waals surface area (Å²) in [5.74, 6) is 1.20. The van der Waals surface area contributed by atoms with Crippen molar-refractivity contribution in [3.63, 3.8) is 0 Å². The number of aliphatic hydroxyl groups is 1. The number of aromatic nitrogens is 1. The van der Waals surface area contributed by atoms with E-state index in [1.807, 2.05) is 31.5 Å². The lowest BCUT2D eigenvalue weighted by molar-refractivity contribution is 0.0301. The molecule has 0 bridgehead atoms. The predicted octanol–water partition coefficient (Wildman–Crippen LogP) is 1.08. The maximum absolute atomic E-state index is 9.86. The van der Waals surface area contributed by atoms with E-state index < -0.39 is 6.10 Å². The summed E-state index contributed by atoms with van der Waals surface area (Å²) in [4.78, 5) is 4.39. The minimum atomic E-state index is -0.571. The topological polar surface area (TPSA) is 70.8 Å². The van der Waals surface area contributed by atoms with Crippen LogP contribution in [0.3, 0.4) is 0 Å². The fourth-order valence-corrected chi connectivity index (χ4v) is 1.85. The van der Waals surface area contributed by atoms with Crippen LogP contribution in [0.4, 0.5) is 0 Å². The molecule has 1 atom stereocenters. The summed E-state index contributed by atoms with van der Waals surface area (Å²) in [5, 5.41) is 16.3. The first-order valence-electron chi connectivity index (χ1n) is 8.00. The van der Waals surface area contributed by atoms with Gasteiger partial charge in [0.2, 0.25) is 0 Å². The quantitative estimate of drug-likeness (QED) is 0.447. The van der Waals surface area contributed by atoms with Gasteiger partial charge in [0.25, 0.3) is 0 Å². The van der Waals surface area contributed by atoms with Gasteiger partial charge >= 0.3 is 0 Å². The minimum absolute atomic E-state index is 0.324. The number of aliphatic imine (C=N–C) groups is 1. The number of rotatable bonds is 10. The molecule has 1 aromatic heterocycles. The summed E-state index contributed by atoms with van der Waals surface area (Å²) in [6.45, 7) is 9.95. The molecule has 0 saturated carbocycles. The average molecular weight is 310 g/mol. The second kappa shape index (κ2) is 11.1. The average Bonchev–Trinajstić information content (AvgIpc) is 2.97. The number of nitrogens with one attached hydrogen (secondary N) is 2. The highest BCUT2D eigenvalue weighted by Crippen LogP contribution is 1.95. The van der Waals surface area contributed by atoms with Crippen LogP contribution in [0.1, 0.15) is 20.8 Å². The Bertz CT molecular complexity index is 404. The summed E-state index contributed by atoms with van der Waals surface area (Å²) < 4.78 is 7.52. The number of hydrogen-bond acceptors (Lipinski definition) is 3. The molecule has 0 spiro atoms. The maximum atomic E-state index is 9.86. The van der Waals surface area contributed by atoms with E-state index >= 15 is 0 Å². The van der Waals surface area contributed by atoms with E-state index in [-0.39, 0.29) is 0 Å². The Labute approximate surface area is 133 Å². The third-order valence-electron chi connectivity index (χ3n) is 2.89. The Morgan fingerprint density at radius 3 is 2.59 bits per heavy atom. The minimum Gasteiger partial charge on any atom is -0.389 e. The molecule has 0 aliphatic heterocycles. The standard InChI is InChI=1S/C16H30N4O2/c1-4-17-16(18-7-10-20-8-5-6-9-20)19-11-15(21)13-22-12-14(2)3/h5-6,8-9,14-15,21H,4,7,10-13H2,1-3H3,(H2,17,18,19). The smallest absolute Gasteiger partial charge is 0.191 e. The van der Waals surface area contributed by atoms with Crippen molar-refractivity contribution in [2.45, 2.75) is 33.4 Å². The van der Waals surface area contributed by atoms with Gasteiger partial charge in [-0.25, -0.2) is 0 Å². The van der Waals surface area contributed by atoms with E-state index in [1.54, 1.807) is 0 Å². The lowest BCUT2D eigenvalue weighted by Gasteiger charge is -2.14. The highest BCUT2D eigenvalue weighted by Gasteiger charge is 2.05. The fourth-order valence-electron chi connectivity index (χ4n) is 1.85. The highest BCUT2D eigenvalue weighted by atomic mass is 16.5. The summed E-state index contributed by atoms with van der Waals surface area (Å²) in [6, 6.07) is 4.01. The molecule has 126 valence electrons. The van der Waals surface area contributed by atoms with Crippen molar-refractivity contribution >= 4 is 5.96 Å². The third-order valence-corrected chi connectivity index (χ3v) is 2.89. The monoisotopic (exact) mass is 310 g/mol. The van der Waals surface area contributed by atoms with E-state index in [1.165, 1.54) is 0 Å². The summed E-state index contributed by atoms with van der Waals surface area (Å²) in [6.07, 6.45) is 3.49. The van der Waals surface area contributed by atoms with Crippen molar-refractivity contribution in [2.75, 3.05) is 32.8 Å². The number of aliphatic hydroxyl groups excluding tert-OH is 1. The van der Waals surface area contributed by atoms with Crippen LogP contribution in [0.2, 0.25) is 0 Å². The molecular weight excluding hydrogens is 280 g/mol. The van der Waals surface area contributed by atoms with Crippen LogP contribution >= 0.6 is 0 Å². The predicted molar refractivity (Wildman–Crippen MR) is 90.1 cm³/mol. The molecule has 3 N–H and O–H groups in total. The Hall–Kier alpha value is -1.53. The van der Waals surface area contributed by atoms with Gasteiger partial charge in [0.1, 0.15) is 0 Å². The molecular formula is C16H30N4O2. The zero-order valence-electron chi connectivity index (χ0n) is 14.0. The molecule has 0 aromatic carbocycles. The van der Waals surface area contributed by atoms with Crippen molar-refractivity contribution in [1.29, 1.82) is 0 Å². The first kappa shape index (κ1) is 18.5. The molecule has 1 unspecified atom stereocenters. The van der Waals surface area contributed by atoms with Crippen molar-refractivity contribution in [2.24, 2.45) is 10.9 Å². The number of ether oxygens (including phenoxy) is 1. The zero-order chi connectivity index (χ0) is 16.2. The Balaban J connectivity index is 2.27. The maximum Gasteiger partial charge on any atom is 0.191 e. The normalized spacial score (nSPS) is 13.4. The Morgan fingerprint density at radius 1 is 1.23 bits per heavy atom. The molecule has 0 amide bonds. The SMILES string of the molecule is CCNC(=NCC(O)COCC(C)C)NCCn1cccc1. The van der Waals surface area contributed by atoms with Crippen molar-refractivity contribution in [3.05, 3.63) is 24.5 Å². The van der Waals surface area contributed by atoms with Crippen LogP contribution in [0.15, 0.2) is 29.5 Å². The highest BCUT2D eigenvalue weighted by molar-refractivity contribution is 5.79. The van der Waals surface area contributed by atoms with E-state index in [0.717, 1.165) is 25.6 Å². The summed E-state index contributed by atoms with van der Waals surface area (Å²) in [5.41, 5.74) is 0. The van der Waals surface area contributed by atoms with Gasteiger partial charge in [0.05, 0.1) is 19.3 Å². The first-order valence-corrected chi connectivity index (χ1v) is 8.00. The molecule has 0 fully saturated rings. The van der Waals surface area contributed by atoms with Crippen LogP contribution in [0.5, 0.6) is 0 Å². The molecule has 1 heterocycles. The van der Waals surface area contributed by atoms with Crippen LogP contribution in [-0.4, -0.2) is 54.6 Å². The fraction of sp³-hybridized carbons (Fsp3) is 0.688. The molecule has 0 saturated heterocycles. The number of nitrogens with zero attached hydrogens (tertiary/aromatic N) is 2. The van der Waals surface area contributed by atoms with Gasteiger partial charge in [-0.2, -0.15) is 0 Å². The summed E-state index contributed by atoms with van der Waals surface area (Å²) in [7, 11) is 0. The van der Waals surface area contributed by atoms with Crippen LogP contribution in [-0.2, 0) is 11.3 Å². The molecule has 1 aromatic rings. The molecule has 22 heavy (non-hydrogen) atoms. The largest absolute Gasteiger partial charge is 0.389 e. The lowest BCUT2D eigenvalue weighted by Crippen LogP contribution is -2.39. The number of guanidine groups is 1. The van der Waals surface area contributed by atoms with Crippen LogP contribution < -0.4 is 10.6 Å². The second-order valence-electron chi connectivity index (χ2n) is 5.65. The first-order chi connectivity index (χ1) is 10.6. The van der Waals surface area contributed by atoms with E-state index in [4.69, 9.17) is 4.74 Å². The van der Waals surface area contributed by atoms with E-state index in [0.29, 0.717) is 25.7 Å². The molecule has 0 radical (unpaired) electrons. The molecule has 1 rings (SSSR count). The van der Waals surface area contributed by atoms with E-state index in [2.05, 4.69) is 34.0 Å². The molecule has 6 heteroatoms. The van der Waals surface area contributed by atoms with Crippen molar-refractivity contribution in [1.82, 2.24) is 15.2 Å². The Morgan fingerprint density at radius 2 is 1.95 bits per heavy atom. The van der Waals surface area contributed by atoms with Crippen molar-refractivity contribution < 1.29 is 9.84 Å². The lowest BCUT2D eigenvalue weighted by atomic mass is 10.2. The van der Waals surface area contributed by atoms with Crippen LogP contribution in [0, 0.1) is 5.92 Å².